The van der Waals surface area contributed by atoms with E-state index in [0.717, 1.165) is 34.5 Å². The Morgan fingerprint density at radius 1 is 1.23 bits per heavy atom. The third kappa shape index (κ3) is 4.16. The Morgan fingerprint density at radius 2 is 1.97 bits per heavy atom. The van der Waals surface area contributed by atoms with Crippen molar-refractivity contribution in [1.82, 2.24) is 24.9 Å². The van der Waals surface area contributed by atoms with Crippen LogP contribution in [0.4, 0.5) is 0 Å². The van der Waals surface area contributed by atoms with E-state index in [1.807, 2.05) is 10.9 Å². The van der Waals surface area contributed by atoms with E-state index in [4.69, 9.17) is 11.6 Å². The Morgan fingerprint density at radius 3 is 2.70 bits per heavy atom. The summed E-state index contributed by atoms with van der Waals surface area (Å²) >= 11 is 5.85. The molecule has 1 atom stereocenters. The Kier molecular flexibility index (Phi) is 5.24. The van der Waals surface area contributed by atoms with Gasteiger partial charge in [-0.1, -0.05) is 43.1 Å². The second-order valence-electron chi connectivity index (χ2n) is 8.61. The average molecular weight is 426 g/mol. The number of aromatic nitrogens is 4. The second kappa shape index (κ2) is 7.72. The summed E-state index contributed by atoms with van der Waals surface area (Å²) in [4.78, 5) is 24.6. The normalized spacial score (nSPS) is 17.4. The lowest BCUT2D eigenvalue weighted by atomic mass is 9.74. The number of halogens is 1. The molecule has 0 saturated carbocycles. The van der Waals surface area contributed by atoms with E-state index < -0.39 is 0 Å². The predicted octanol–water partition coefficient (Wildman–Crippen LogP) is 3.22. The van der Waals surface area contributed by atoms with Gasteiger partial charge in [0.2, 0.25) is 5.91 Å². The lowest BCUT2D eigenvalue weighted by molar-refractivity contribution is -0.123. The van der Waals surface area contributed by atoms with Crippen LogP contribution in [0.5, 0.6) is 0 Å². The molecule has 8 heteroatoms. The highest BCUT2D eigenvalue weighted by Gasteiger charge is 2.36. The summed E-state index contributed by atoms with van der Waals surface area (Å²) in [7, 11) is 0. The molecular weight excluding hydrogens is 402 g/mol. The molecule has 1 unspecified atom stereocenters. The fourth-order valence-electron chi connectivity index (χ4n) is 3.99. The number of amides is 1. The van der Waals surface area contributed by atoms with Crippen LogP contribution in [0.25, 0.3) is 5.69 Å². The molecule has 1 amide bonds. The minimum absolute atomic E-state index is 0.0153. The maximum atomic E-state index is 12.7. The molecule has 2 heterocycles. The van der Waals surface area contributed by atoms with Crippen LogP contribution in [0.15, 0.2) is 47.4 Å². The molecule has 1 N–H and O–H groups in total. The fraction of sp³-hybridized carbons (Fsp3) is 0.364. The van der Waals surface area contributed by atoms with E-state index in [2.05, 4.69) is 60.6 Å². The van der Waals surface area contributed by atoms with Gasteiger partial charge in [-0.2, -0.15) is 10.2 Å². The van der Waals surface area contributed by atoms with Crippen molar-refractivity contribution in [3.63, 3.8) is 0 Å². The summed E-state index contributed by atoms with van der Waals surface area (Å²) in [5, 5.41) is 11.8. The van der Waals surface area contributed by atoms with Gasteiger partial charge < -0.3 is 5.32 Å². The molecule has 0 aliphatic heterocycles. The van der Waals surface area contributed by atoms with E-state index in [9.17, 15) is 9.59 Å². The highest BCUT2D eigenvalue weighted by atomic mass is 35.5. The van der Waals surface area contributed by atoms with Crippen molar-refractivity contribution < 1.29 is 4.79 Å². The van der Waals surface area contributed by atoms with Crippen molar-refractivity contribution in [2.45, 2.75) is 46.2 Å². The number of aryl methyl sites for hydroxylation is 1. The van der Waals surface area contributed by atoms with Crippen molar-refractivity contribution in [3.8, 4) is 5.69 Å². The standard InChI is InChI=1S/C22H24ClN5O2/c1-14-4-6-15(7-5-14)28-18-11-22(2,3)10-17(16(18)12-24-28)25-20(29)13-27-21(30)9-8-19(23)26-27/h4-9,12,17H,10-11,13H2,1-3H3,(H,25,29). The first-order valence-electron chi connectivity index (χ1n) is 9.89. The number of carbonyl (C=O) groups is 1. The first-order valence-corrected chi connectivity index (χ1v) is 10.3. The Balaban J connectivity index is 1.61. The van der Waals surface area contributed by atoms with Gasteiger partial charge in [0.05, 0.1) is 23.6 Å². The molecule has 0 bridgehead atoms. The summed E-state index contributed by atoms with van der Waals surface area (Å²) in [5.41, 5.74) is 3.91. The van der Waals surface area contributed by atoms with Gasteiger partial charge in [0.1, 0.15) is 11.7 Å². The number of rotatable bonds is 4. The second-order valence-corrected chi connectivity index (χ2v) is 9.00. The van der Waals surface area contributed by atoms with Gasteiger partial charge in [-0.25, -0.2) is 9.36 Å². The van der Waals surface area contributed by atoms with Crippen LogP contribution in [-0.4, -0.2) is 25.5 Å². The predicted molar refractivity (Wildman–Crippen MR) is 115 cm³/mol. The summed E-state index contributed by atoms with van der Waals surface area (Å²) in [6, 6.07) is 10.7. The number of nitrogens with one attached hydrogen (secondary N) is 1. The zero-order valence-corrected chi connectivity index (χ0v) is 18.0. The van der Waals surface area contributed by atoms with Crippen LogP contribution in [0.3, 0.4) is 0 Å². The van der Waals surface area contributed by atoms with Gasteiger partial charge in [0.15, 0.2) is 0 Å². The summed E-state index contributed by atoms with van der Waals surface area (Å²) < 4.78 is 3.03. The molecule has 156 valence electrons. The monoisotopic (exact) mass is 425 g/mol. The zero-order chi connectivity index (χ0) is 21.5. The van der Waals surface area contributed by atoms with E-state index in [-0.39, 0.29) is 34.6 Å². The van der Waals surface area contributed by atoms with Crippen LogP contribution in [0, 0.1) is 12.3 Å². The molecule has 0 spiro atoms. The SMILES string of the molecule is Cc1ccc(-n2ncc3c2CC(C)(C)CC3NC(=O)Cn2nc(Cl)ccc2=O)cc1. The smallest absolute Gasteiger partial charge is 0.267 e. The summed E-state index contributed by atoms with van der Waals surface area (Å²) in [6.45, 7) is 6.24. The Bertz CT molecular complexity index is 1150. The van der Waals surface area contributed by atoms with Crippen LogP contribution in [0.2, 0.25) is 5.15 Å². The highest BCUT2D eigenvalue weighted by Crippen LogP contribution is 2.41. The van der Waals surface area contributed by atoms with Crippen LogP contribution >= 0.6 is 11.6 Å². The Labute approximate surface area is 179 Å². The highest BCUT2D eigenvalue weighted by molar-refractivity contribution is 6.29. The largest absolute Gasteiger partial charge is 0.348 e. The van der Waals surface area contributed by atoms with E-state index in [0.29, 0.717) is 0 Å². The molecule has 1 aliphatic rings. The zero-order valence-electron chi connectivity index (χ0n) is 17.2. The Hall–Kier alpha value is -2.93. The van der Waals surface area contributed by atoms with Crippen molar-refractivity contribution in [1.29, 1.82) is 0 Å². The van der Waals surface area contributed by atoms with Crippen molar-refractivity contribution in [3.05, 3.63) is 74.9 Å². The molecule has 1 aliphatic carbocycles. The third-order valence-corrected chi connectivity index (χ3v) is 5.62. The lowest BCUT2D eigenvalue weighted by Gasteiger charge is -2.36. The summed E-state index contributed by atoms with van der Waals surface area (Å²) in [5.74, 6) is -0.288. The van der Waals surface area contributed by atoms with Crippen LogP contribution in [-0.2, 0) is 17.8 Å². The van der Waals surface area contributed by atoms with Gasteiger partial charge in [-0.15, -0.1) is 0 Å². The maximum absolute atomic E-state index is 12.7. The van der Waals surface area contributed by atoms with Crippen LogP contribution < -0.4 is 10.9 Å². The molecule has 0 fully saturated rings. The summed E-state index contributed by atoms with van der Waals surface area (Å²) in [6.07, 6.45) is 3.47. The number of carbonyl (C=O) groups excluding carboxylic acids is 1. The van der Waals surface area contributed by atoms with Gasteiger partial charge >= 0.3 is 0 Å². The minimum Gasteiger partial charge on any atom is -0.348 e. The molecule has 1 aromatic carbocycles. The van der Waals surface area contributed by atoms with E-state index in [1.54, 1.807) is 0 Å². The molecule has 0 saturated heterocycles. The topological polar surface area (TPSA) is 81.8 Å². The fourth-order valence-corrected chi connectivity index (χ4v) is 4.15. The van der Waals surface area contributed by atoms with E-state index in [1.165, 1.54) is 17.7 Å². The maximum Gasteiger partial charge on any atom is 0.267 e. The van der Waals surface area contributed by atoms with Crippen molar-refractivity contribution >= 4 is 17.5 Å². The van der Waals surface area contributed by atoms with Crippen molar-refractivity contribution in [2.24, 2.45) is 5.41 Å². The number of fused-ring (bicyclic) bond motifs is 1. The van der Waals surface area contributed by atoms with E-state index >= 15 is 0 Å². The van der Waals surface area contributed by atoms with Crippen molar-refractivity contribution in [2.75, 3.05) is 0 Å². The minimum atomic E-state index is -0.369. The van der Waals surface area contributed by atoms with Gasteiger partial charge in [-0.3, -0.25) is 9.59 Å². The lowest BCUT2D eigenvalue weighted by Crippen LogP contribution is -2.39. The average Bonchev–Trinajstić information content (AvgIpc) is 3.08. The number of benzene rings is 1. The molecular formula is C22H24ClN5O2. The molecule has 0 radical (unpaired) electrons. The number of hydrogen-bond donors (Lipinski definition) is 1. The molecule has 7 nitrogen and oxygen atoms in total. The van der Waals surface area contributed by atoms with Gasteiger partial charge in [-0.05, 0) is 43.4 Å². The molecule has 3 aromatic rings. The van der Waals surface area contributed by atoms with Gasteiger partial charge in [0.25, 0.3) is 5.56 Å². The number of hydrogen-bond acceptors (Lipinski definition) is 4. The first kappa shape index (κ1) is 20.3. The number of nitrogens with zero attached hydrogens (tertiary/aromatic N) is 4. The first-order chi connectivity index (χ1) is 14.2. The molecule has 30 heavy (non-hydrogen) atoms. The van der Waals surface area contributed by atoms with Crippen LogP contribution in [0.1, 0.15) is 43.1 Å². The third-order valence-electron chi connectivity index (χ3n) is 5.42. The van der Waals surface area contributed by atoms with Gasteiger partial charge in [0, 0.05) is 11.6 Å². The molecule has 4 rings (SSSR count). The molecule has 2 aromatic heterocycles. The quantitative estimate of drug-likeness (QED) is 0.695.